The van der Waals surface area contributed by atoms with Crippen LogP contribution in [-0.2, 0) is 5.60 Å². The van der Waals surface area contributed by atoms with Gasteiger partial charge in [0.05, 0.1) is 5.92 Å². The number of carbonyl (C=O) groups excluding carboxylic acids is 1. The molecule has 0 spiro atoms. The Kier molecular flexibility index (Phi) is 5.39. The van der Waals surface area contributed by atoms with E-state index < -0.39 is 28.6 Å². The maximum absolute atomic E-state index is 13.4. The lowest BCUT2D eigenvalue weighted by Crippen LogP contribution is -2.63. The quantitative estimate of drug-likeness (QED) is 0.479. The van der Waals surface area contributed by atoms with Gasteiger partial charge in [-0.1, -0.05) is 74.0 Å². The molecule has 0 aliphatic heterocycles. The lowest BCUT2D eigenvalue weighted by molar-refractivity contribution is -0.567. The number of carbonyl (C=O) groups is 1. The number of ketones is 1. The van der Waals surface area contributed by atoms with Gasteiger partial charge in [-0.05, 0) is 17.9 Å². The fourth-order valence-electron chi connectivity index (χ4n) is 4.37. The Bertz CT molecular complexity index is 810. The van der Waals surface area contributed by atoms with Crippen molar-refractivity contribution in [3.8, 4) is 0 Å². The third-order valence-electron chi connectivity index (χ3n) is 5.63. The summed E-state index contributed by atoms with van der Waals surface area (Å²) in [7, 11) is 0. The first-order valence-corrected chi connectivity index (χ1v) is 9.10. The second kappa shape index (κ2) is 7.58. The maximum atomic E-state index is 13.4. The van der Waals surface area contributed by atoms with E-state index in [4.69, 9.17) is 0 Å². The third-order valence-corrected chi connectivity index (χ3v) is 5.63. The highest BCUT2D eigenvalue weighted by Crippen LogP contribution is 2.48. The van der Waals surface area contributed by atoms with E-state index in [9.17, 15) is 25.1 Å². The molecule has 0 aromatic heterocycles. The van der Waals surface area contributed by atoms with Gasteiger partial charge in [0.15, 0.2) is 11.4 Å². The molecule has 0 unspecified atom stereocenters. The van der Waals surface area contributed by atoms with E-state index in [0.717, 1.165) is 0 Å². The van der Waals surface area contributed by atoms with Gasteiger partial charge in [0.1, 0.15) is 6.10 Å². The van der Waals surface area contributed by atoms with Crippen LogP contribution in [0.4, 0.5) is 0 Å². The number of benzene rings is 2. The number of hydrogen-bond acceptors (Lipinski definition) is 5. The highest BCUT2D eigenvalue weighted by atomic mass is 16.6. The number of nitro groups is 1. The monoisotopic (exact) mass is 369 g/mol. The van der Waals surface area contributed by atoms with E-state index in [-0.39, 0.29) is 23.7 Å². The summed E-state index contributed by atoms with van der Waals surface area (Å²) in [5, 5.41) is 34.0. The molecule has 1 saturated carbocycles. The molecule has 0 bridgehead atoms. The maximum Gasteiger partial charge on any atom is 0.271 e. The smallest absolute Gasteiger partial charge is 0.271 e. The topological polar surface area (TPSA) is 101 Å². The minimum atomic E-state index is -2.10. The summed E-state index contributed by atoms with van der Waals surface area (Å²) in [5.41, 5.74) is -1.43. The summed E-state index contributed by atoms with van der Waals surface area (Å²) in [5.74, 6) is -1.74. The van der Waals surface area contributed by atoms with Gasteiger partial charge < -0.3 is 10.2 Å². The van der Waals surface area contributed by atoms with Crippen LogP contribution in [0, 0.1) is 22.0 Å². The van der Waals surface area contributed by atoms with Crippen molar-refractivity contribution < 1.29 is 19.9 Å². The van der Waals surface area contributed by atoms with Gasteiger partial charge >= 0.3 is 0 Å². The Morgan fingerprint density at radius 3 is 2.22 bits per heavy atom. The Labute approximate surface area is 157 Å². The van der Waals surface area contributed by atoms with Crippen LogP contribution in [0.1, 0.15) is 35.7 Å². The molecule has 1 fully saturated rings. The average molecular weight is 369 g/mol. The molecule has 142 valence electrons. The predicted octanol–water partition coefficient (Wildman–Crippen LogP) is 2.81. The summed E-state index contributed by atoms with van der Waals surface area (Å²) >= 11 is 0. The van der Waals surface area contributed by atoms with Gasteiger partial charge in [0.2, 0.25) is 0 Å². The van der Waals surface area contributed by atoms with Crippen LogP contribution in [0.25, 0.3) is 0 Å². The molecule has 5 atom stereocenters. The average Bonchev–Trinajstić information content (AvgIpc) is 2.68. The first-order chi connectivity index (χ1) is 12.9. The Hall–Kier alpha value is -2.57. The van der Waals surface area contributed by atoms with Crippen LogP contribution in [0.3, 0.4) is 0 Å². The highest BCUT2D eigenvalue weighted by Gasteiger charge is 2.63. The van der Waals surface area contributed by atoms with Gasteiger partial charge in [-0.3, -0.25) is 14.9 Å². The van der Waals surface area contributed by atoms with Crippen molar-refractivity contribution in [3.05, 3.63) is 81.9 Å². The first-order valence-electron chi connectivity index (χ1n) is 9.10. The van der Waals surface area contributed by atoms with Crippen LogP contribution in [-0.4, -0.2) is 33.1 Å². The molecular formula is C21H23NO5. The first kappa shape index (κ1) is 19.2. The number of aliphatic hydroxyl groups is 2. The van der Waals surface area contributed by atoms with Crippen LogP contribution < -0.4 is 0 Å². The minimum absolute atomic E-state index is 0.0977. The molecule has 1 aliphatic rings. The normalized spacial score (nSPS) is 30.6. The Morgan fingerprint density at radius 1 is 1.15 bits per heavy atom. The number of nitrogens with zero attached hydrogens (tertiary/aromatic N) is 1. The van der Waals surface area contributed by atoms with Crippen LogP contribution in [0.5, 0.6) is 0 Å². The molecule has 6 heteroatoms. The van der Waals surface area contributed by atoms with Crippen molar-refractivity contribution in [3.63, 3.8) is 0 Å². The van der Waals surface area contributed by atoms with Crippen molar-refractivity contribution in [1.82, 2.24) is 0 Å². The molecule has 2 aromatic carbocycles. The van der Waals surface area contributed by atoms with Crippen molar-refractivity contribution in [2.75, 3.05) is 0 Å². The number of hydrogen-bond donors (Lipinski definition) is 2. The van der Waals surface area contributed by atoms with Gasteiger partial charge in [-0.25, -0.2) is 0 Å². The molecular weight excluding hydrogens is 346 g/mol. The summed E-state index contributed by atoms with van der Waals surface area (Å²) in [4.78, 5) is 24.5. The highest BCUT2D eigenvalue weighted by molar-refractivity contribution is 5.99. The summed E-state index contributed by atoms with van der Waals surface area (Å²) < 4.78 is 0. The Balaban J connectivity index is 2.21. The zero-order valence-corrected chi connectivity index (χ0v) is 15.1. The van der Waals surface area contributed by atoms with Gasteiger partial charge in [0.25, 0.3) is 6.04 Å². The number of rotatable bonds is 5. The molecule has 3 rings (SSSR count). The lowest BCUT2D eigenvalue weighted by Gasteiger charge is -2.46. The van der Waals surface area contributed by atoms with E-state index in [1.165, 1.54) is 0 Å². The molecule has 6 nitrogen and oxygen atoms in total. The number of aliphatic hydroxyl groups excluding tert-OH is 1. The molecule has 0 heterocycles. The summed E-state index contributed by atoms with van der Waals surface area (Å²) in [6.07, 6.45) is -0.726. The van der Waals surface area contributed by atoms with E-state index >= 15 is 0 Å². The van der Waals surface area contributed by atoms with Crippen LogP contribution >= 0.6 is 0 Å². The van der Waals surface area contributed by atoms with Crippen molar-refractivity contribution in [2.45, 2.75) is 37.5 Å². The molecule has 1 aliphatic carbocycles. The van der Waals surface area contributed by atoms with Gasteiger partial charge in [0, 0.05) is 10.5 Å². The van der Waals surface area contributed by atoms with E-state index in [1.807, 2.05) is 6.92 Å². The molecule has 0 saturated heterocycles. The SMILES string of the molecule is CC[C@@H]1C[C@H](O)[C@@H]([N+](=O)[O-])[C@](O)(c2ccccc2)[C@H]1C(=O)c1ccccc1. The van der Waals surface area contributed by atoms with Gasteiger partial charge in [-0.2, -0.15) is 0 Å². The largest absolute Gasteiger partial charge is 0.386 e. The van der Waals surface area contributed by atoms with Gasteiger partial charge in [-0.15, -0.1) is 0 Å². The van der Waals surface area contributed by atoms with Crippen molar-refractivity contribution in [1.29, 1.82) is 0 Å². The third kappa shape index (κ3) is 3.26. The fraction of sp³-hybridized carbons (Fsp3) is 0.381. The van der Waals surface area contributed by atoms with E-state index in [1.54, 1.807) is 60.7 Å². The van der Waals surface area contributed by atoms with Crippen molar-refractivity contribution in [2.24, 2.45) is 11.8 Å². The zero-order chi connectivity index (χ0) is 19.6. The van der Waals surface area contributed by atoms with E-state index in [2.05, 4.69) is 0 Å². The second-order valence-corrected chi connectivity index (χ2v) is 7.10. The summed E-state index contributed by atoms with van der Waals surface area (Å²) in [6.45, 7) is 1.86. The van der Waals surface area contributed by atoms with Crippen LogP contribution in [0.15, 0.2) is 60.7 Å². The van der Waals surface area contributed by atoms with E-state index in [0.29, 0.717) is 12.0 Å². The molecule has 0 amide bonds. The molecule has 2 N–H and O–H groups in total. The zero-order valence-electron chi connectivity index (χ0n) is 15.1. The van der Waals surface area contributed by atoms with Crippen molar-refractivity contribution >= 4 is 5.78 Å². The molecule has 2 aromatic rings. The standard InChI is InChI=1S/C21H23NO5/c1-2-14-13-17(23)20(22(26)27)21(25,16-11-7-4-8-12-16)18(14)19(24)15-9-5-3-6-10-15/h3-12,14,17-18,20,23,25H,2,13H2,1H3/t14-,17+,18-,20-,21+/m1/s1. The minimum Gasteiger partial charge on any atom is -0.386 e. The molecule has 27 heavy (non-hydrogen) atoms. The second-order valence-electron chi connectivity index (χ2n) is 7.10. The summed E-state index contributed by atoms with van der Waals surface area (Å²) in [6, 6.07) is 15.0. The lowest BCUT2D eigenvalue weighted by atomic mass is 9.60. The molecule has 0 radical (unpaired) electrons. The Morgan fingerprint density at radius 2 is 1.70 bits per heavy atom. The van der Waals surface area contributed by atoms with Crippen LogP contribution in [0.2, 0.25) is 0 Å². The number of Topliss-reactive ketones (excluding diaryl/α,β-unsaturated/α-hetero) is 1. The fourth-order valence-corrected chi connectivity index (χ4v) is 4.37. The predicted molar refractivity (Wildman–Crippen MR) is 99.8 cm³/mol.